The Labute approximate surface area is 91.0 Å². The first-order valence-corrected chi connectivity index (χ1v) is 6.15. The van der Waals surface area contributed by atoms with Crippen LogP contribution in [-0.4, -0.2) is 6.54 Å². The summed E-state index contributed by atoms with van der Waals surface area (Å²) < 4.78 is 5.55. The van der Waals surface area contributed by atoms with Gasteiger partial charge in [0.05, 0.1) is 6.26 Å². The highest BCUT2D eigenvalue weighted by Crippen LogP contribution is 2.59. The highest BCUT2D eigenvalue weighted by atomic mass is 16.3. The molecule has 0 aromatic carbocycles. The van der Waals surface area contributed by atoms with Crippen molar-refractivity contribution in [2.24, 2.45) is 5.41 Å². The Bertz CT molecular complexity index is 351. The molecule has 1 aliphatic heterocycles. The SMILES string of the molecule is CCCC1(C2NCCc3occc32)CC1. The van der Waals surface area contributed by atoms with Crippen molar-refractivity contribution in [1.82, 2.24) is 5.32 Å². The molecule has 1 aliphatic carbocycles. The van der Waals surface area contributed by atoms with Gasteiger partial charge in [-0.3, -0.25) is 0 Å². The van der Waals surface area contributed by atoms with Crippen molar-refractivity contribution in [3.63, 3.8) is 0 Å². The zero-order valence-corrected chi connectivity index (χ0v) is 9.38. The van der Waals surface area contributed by atoms with Gasteiger partial charge in [-0.15, -0.1) is 0 Å². The first-order chi connectivity index (χ1) is 7.36. The minimum absolute atomic E-state index is 0.563. The summed E-state index contributed by atoms with van der Waals surface area (Å²) in [6, 6.07) is 2.74. The summed E-state index contributed by atoms with van der Waals surface area (Å²) in [5, 5.41) is 3.69. The fourth-order valence-electron chi connectivity index (χ4n) is 3.14. The Balaban J connectivity index is 1.89. The maximum absolute atomic E-state index is 5.55. The zero-order valence-electron chi connectivity index (χ0n) is 9.38. The molecule has 1 fully saturated rings. The molecule has 82 valence electrons. The number of fused-ring (bicyclic) bond motifs is 1. The van der Waals surface area contributed by atoms with E-state index in [1.165, 1.54) is 37.0 Å². The lowest BCUT2D eigenvalue weighted by atomic mass is 9.84. The number of furan rings is 1. The van der Waals surface area contributed by atoms with E-state index >= 15 is 0 Å². The lowest BCUT2D eigenvalue weighted by molar-refractivity contribution is 0.292. The molecule has 0 radical (unpaired) electrons. The quantitative estimate of drug-likeness (QED) is 0.820. The molecule has 15 heavy (non-hydrogen) atoms. The monoisotopic (exact) mass is 205 g/mol. The molecule has 0 saturated heterocycles. The maximum Gasteiger partial charge on any atom is 0.109 e. The van der Waals surface area contributed by atoms with E-state index in [1.54, 1.807) is 0 Å². The smallest absolute Gasteiger partial charge is 0.109 e. The van der Waals surface area contributed by atoms with Gasteiger partial charge in [0.15, 0.2) is 0 Å². The highest BCUT2D eigenvalue weighted by Gasteiger charge is 2.50. The van der Waals surface area contributed by atoms with Gasteiger partial charge in [0.2, 0.25) is 0 Å². The molecule has 1 aromatic rings. The predicted molar refractivity (Wildman–Crippen MR) is 59.7 cm³/mol. The van der Waals surface area contributed by atoms with Crippen molar-refractivity contribution in [3.8, 4) is 0 Å². The zero-order chi connectivity index (χ0) is 10.3. The Morgan fingerprint density at radius 2 is 2.40 bits per heavy atom. The first kappa shape index (κ1) is 9.46. The van der Waals surface area contributed by atoms with E-state index in [4.69, 9.17) is 4.42 Å². The van der Waals surface area contributed by atoms with Gasteiger partial charge in [-0.2, -0.15) is 0 Å². The van der Waals surface area contributed by atoms with Crippen LogP contribution in [0.3, 0.4) is 0 Å². The molecule has 2 aliphatic rings. The van der Waals surface area contributed by atoms with Gasteiger partial charge in [0, 0.05) is 24.6 Å². The number of hydrogen-bond acceptors (Lipinski definition) is 2. The average molecular weight is 205 g/mol. The second kappa shape index (κ2) is 3.38. The Morgan fingerprint density at radius 1 is 1.53 bits per heavy atom. The maximum atomic E-state index is 5.55. The molecule has 1 atom stereocenters. The Kier molecular flexibility index (Phi) is 2.13. The van der Waals surface area contributed by atoms with E-state index in [-0.39, 0.29) is 0 Å². The van der Waals surface area contributed by atoms with E-state index in [1.807, 2.05) is 6.26 Å². The van der Waals surface area contributed by atoms with Crippen LogP contribution in [0.25, 0.3) is 0 Å². The van der Waals surface area contributed by atoms with Crippen molar-refractivity contribution in [1.29, 1.82) is 0 Å². The molecular formula is C13H19NO. The second-order valence-electron chi connectivity index (χ2n) is 5.05. The molecule has 0 spiro atoms. The van der Waals surface area contributed by atoms with Gasteiger partial charge < -0.3 is 9.73 Å². The van der Waals surface area contributed by atoms with Crippen molar-refractivity contribution in [2.75, 3.05) is 6.54 Å². The van der Waals surface area contributed by atoms with E-state index < -0.39 is 0 Å². The van der Waals surface area contributed by atoms with Crippen molar-refractivity contribution < 1.29 is 4.42 Å². The third-order valence-corrected chi connectivity index (χ3v) is 4.04. The summed E-state index contributed by atoms with van der Waals surface area (Å²) in [6.07, 6.45) is 8.35. The minimum atomic E-state index is 0.563. The Hall–Kier alpha value is -0.760. The van der Waals surface area contributed by atoms with E-state index in [0.29, 0.717) is 11.5 Å². The minimum Gasteiger partial charge on any atom is -0.469 e. The van der Waals surface area contributed by atoms with Crippen LogP contribution < -0.4 is 5.32 Å². The lowest BCUT2D eigenvalue weighted by Crippen LogP contribution is -2.35. The van der Waals surface area contributed by atoms with Crippen molar-refractivity contribution >= 4 is 0 Å². The second-order valence-corrected chi connectivity index (χ2v) is 5.05. The van der Waals surface area contributed by atoms with E-state index in [2.05, 4.69) is 18.3 Å². The molecule has 1 unspecified atom stereocenters. The summed E-state index contributed by atoms with van der Waals surface area (Å²) in [4.78, 5) is 0. The van der Waals surface area contributed by atoms with E-state index in [0.717, 1.165) is 13.0 Å². The molecule has 2 heteroatoms. The molecule has 0 bridgehead atoms. The van der Waals surface area contributed by atoms with Gasteiger partial charge >= 0.3 is 0 Å². The summed E-state index contributed by atoms with van der Waals surface area (Å²) in [6.45, 7) is 3.37. The van der Waals surface area contributed by atoms with E-state index in [9.17, 15) is 0 Å². The summed E-state index contributed by atoms with van der Waals surface area (Å²) in [5.74, 6) is 1.22. The van der Waals surface area contributed by atoms with Gasteiger partial charge in [-0.05, 0) is 30.7 Å². The molecular weight excluding hydrogens is 186 g/mol. The largest absolute Gasteiger partial charge is 0.469 e. The van der Waals surface area contributed by atoms with Crippen LogP contribution >= 0.6 is 0 Å². The van der Waals surface area contributed by atoms with Crippen LogP contribution in [0.4, 0.5) is 0 Å². The van der Waals surface area contributed by atoms with Crippen LogP contribution in [-0.2, 0) is 6.42 Å². The van der Waals surface area contributed by atoms with Crippen LogP contribution in [0.5, 0.6) is 0 Å². The molecule has 2 nitrogen and oxygen atoms in total. The molecule has 1 N–H and O–H groups in total. The fourth-order valence-corrected chi connectivity index (χ4v) is 3.14. The normalized spacial score (nSPS) is 27.4. The van der Waals surface area contributed by atoms with Crippen molar-refractivity contribution in [3.05, 3.63) is 23.7 Å². The summed E-state index contributed by atoms with van der Waals surface area (Å²) in [7, 11) is 0. The number of hydrogen-bond donors (Lipinski definition) is 1. The van der Waals surface area contributed by atoms with Crippen LogP contribution in [0.1, 0.15) is 50.0 Å². The third kappa shape index (κ3) is 1.43. The fraction of sp³-hybridized carbons (Fsp3) is 0.692. The first-order valence-electron chi connectivity index (χ1n) is 6.15. The molecule has 3 rings (SSSR count). The Morgan fingerprint density at radius 3 is 3.13 bits per heavy atom. The van der Waals surface area contributed by atoms with Gasteiger partial charge in [0.25, 0.3) is 0 Å². The van der Waals surface area contributed by atoms with Gasteiger partial charge in [-0.25, -0.2) is 0 Å². The molecule has 2 heterocycles. The third-order valence-electron chi connectivity index (χ3n) is 4.04. The summed E-state index contributed by atoms with van der Waals surface area (Å²) in [5.41, 5.74) is 2.00. The summed E-state index contributed by atoms with van der Waals surface area (Å²) >= 11 is 0. The van der Waals surface area contributed by atoms with Crippen LogP contribution in [0, 0.1) is 5.41 Å². The standard InChI is InChI=1S/C13H19NO/c1-2-5-13(6-7-13)12-10-4-9-15-11(10)3-8-14-12/h4,9,12,14H,2-3,5-8H2,1H3. The molecule has 1 aromatic heterocycles. The number of nitrogens with one attached hydrogen (secondary N) is 1. The lowest BCUT2D eigenvalue weighted by Gasteiger charge is -2.31. The van der Waals surface area contributed by atoms with Gasteiger partial charge in [-0.1, -0.05) is 13.3 Å². The number of rotatable bonds is 3. The van der Waals surface area contributed by atoms with Crippen LogP contribution in [0.15, 0.2) is 16.7 Å². The van der Waals surface area contributed by atoms with Gasteiger partial charge in [0.1, 0.15) is 5.76 Å². The molecule has 1 saturated carbocycles. The highest BCUT2D eigenvalue weighted by molar-refractivity contribution is 5.28. The topological polar surface area (TPSA) is 25.2 Å². The average Bonchev–Trinajstić information content (AvgIpc) is 2.88. The van der Waals surface area contributed by atoms with Crippen molar-refractivity contribution in [2.45, 2.75) is 45.1 Å². The predicted octanol–water partition coefficient (Wildman–Crippen LogP) is 3.05. The van der Waals surface area contributed by atoms with Crippen LogP contribution in [0.2, 0.25) is 0 Å². The molecule has 0 amide bonds.